The predicted octanol–water partition coefficient (Wildman–Crippen LogP) is 13.0. The Labute approximate surface area is 308 Å². The highest BCUT2D eigenvalue weighted by Gasteiger charge is 2.21. The van der Waals surface area contributed by atoms with Gasteiger partial charge in [-0.15, -0.1) is 0 Å². The molecular formula is C47H27N3O2S. The summed E-state index contributed by atoms with van der Waals surface area (Å²) in [5, 5.41) is 6.68. The molecule has 0 spiro atoms. The van der Waals surface area contributed by atoms with Crippen molar-refractivity contribution in [2.75, 3.05) is 0 Å². The monoisotopic (exact) mass is 697 g/mol. The van der Waals surface area contributed by atoms with E-state index >= 15 is 0 Å². The molecule has 0 unspecified atom stereocenters. The van der Waals surface area contributed by atoms with Gasteiger partial charge in [0.25, 0.3) is 0 Å². The number of fused-ring (bicyclic) bond motifs is 7. The molecule has 11 rings (SSSR count). The molecule has 0 bridgehead atoms. The van der Waals surface area contributed by atoms with Crippen LogP contribution in [-0.4, -0.2) is 15.0 Å². The van der Waals surface area contributed by atoms with Gasteiger partial charge in [-0.25, -0.2) is 15.0 Å². The fraction of sp³-hybridized carbons (Fsp3) is 0. The predicted molar refractivity (Wildman–Crippen MR) is 214 cm³/mol. The van der Waals surface area contributed by atoms with Gasteiger partial charge in [0, 0.05) is 27.5 Å². The zero-order chi connectivity index (χ0) is 34.9. The van der Waals surface area contributed by atoms with Gasteiger partial charge < -0.3 is 9.15 Å². The molecule has 0 amide bonds. The Morgan fingerprint density at radius 2 is 0.981 bits per heavy atom. The molecule has 5 nitrogen and oxygen atoms in total. The lowest BCUT2D eigenvalue weighted by atomic mass is 9.98. The van der Waals surface area contributed by atoms with Crippen LogP contribution in [-0.2, 0) is 0 Å². The number of ether oxygens (including phenoxy) is 1. The molecule has 0 N–H and O–H groups in total. The molecule has 1 aliphatic heterocycles. The molecule has 53 heavy (non-hydrogen) atoms. The quantitative estimate of drug-likeness (QED) is 0.182. The minimum absolute atomic E-state index is 0.582. The van der Waals surface area contributed by atoms with E-state index in [0.29, 0.717) is 17.5 Å². The van der Waals surface area contributed by atoms with Crippen LogP contribution in [0, 0.1) is 0 Å². The van der Waals surface area contributed by atoms with Crippen LogP contribution in [0.2, 0.25) is 0 Å². The molecule has 0 fully saturated rings. The first-order valence-corrected chi connectivity index (χ1v) is 18.3. The molecule has 0 saturated heterocycles. The third-order valence-corrected chi connectivity index (χ3v) is 11.1. The van der Waals surface area contributed by atoms with E-state index in [1.807, 2.05) is 36.4 Å². The minimum atomic E-state index is 0.582. The van der Waals surface area contributed by atoms with E-state index in [9.17, 15) is 0 Å². The first-order chi connectivity index (χ1) is 26.2. The third-order valence-electron chi connectivity index (χ3n) is 9.95. The minimum Gasteiger partial charge on any atom is -0.456 e. The maximum atomic E-state index is 6.56. The van der Waals surface area contributed by atoms with Gasteiger partial charge >= 0.3 is 0 Å². The summed E-state index contributed by atoms with van der Waals surface area (Å²) in [6, 6.07) is 56.4. The SMILES string of the molecule is c1ccc2c(c1)Oc1cc(-c3cccc4oc5cc(-c6nc(-c7ccc8ccccc8c7)nc(-c7ccc8ccccc8c7)n6)ccc5c34)ccc1S2. The number of rotatable bonds is 4. The van der Waals surface area contributed by atoms with Crippen molar-refractivity contribution in [1.82, 2.24) is 15.0 Å². The van der Waals surface area contributed by atoms with Crippen LogP contribution in [0.5, 0.6) is 11.5 Å². The first-order valence-electron chi connectivity index (χ1n) is 17.5. The van der Waals surface area contributed by atoms with Gasteiger partial charge in [0.2, 0.25) is 0 Å². The highest BCUT2D eigenvalue weighted by molar-refractivity contribution is 7.99. The summed E-state index contributed by atoms with van der Waals surface area (Å²) in [4.78, 5) is 17.4. The number of furan rings is 1. The number of hydrogen-bond acceptors (Lipinski definition) is 6. The number of para-hydroxylation sites is 1. The Morgan fingerprint density at radius 3 is 1.70 bits per heavy atom. The second-order valence-electron chi connectivity index (χ2n) is 13.2. The van der Waals surface area contributed by atoms with E-state index in [1.165, 1.54) is 10.8 Å². The van der Waals surface area contributed by atoms with Crippen molar-refractivity contribution in [3.63, 3.8) is 0 Å². The van der Waals surface area contributed by atoms with Crippen LogP contribution in [0.15, 0.2) is 178 Å². The topological polar surface area (TPSA) is 61.0 Å². The van der Waals surface area contributed by atoms with E-state index in [0.717, 1.165) is 81.8 Å². The number of aromatic nitrogens is 3. The number of benzene rings is 8. The van der Waals surface area contributed by atoms with Gasteiger partial charge in [-0.1, -0.05) is 121 Å². The standard InChI is InChI=1S/C47H27N3O2S/c1-3-10-30-24-33(18-16-28(30)8-1)45-48-46(34-19-17-29-9-2-4-11-31(29)25-34)50-47(49-45)35-20-22-37-40(27-35)52-39-14-7-12-36(44(37)39)32-21-23-43-41(26-32)51-38-13-5-6-15-42(38)53-43/h1-27H. The molecule has 10 aromatic rings. The van der Waals surface area contributed by atoms with E-state index in [4.69, 9.17) is 24.1 Å². The molecule has 6 heteroatoms. The molecule has 0 saturated carbocycles. The molecule has 1 aliphatic rings. The Morgan fingerprint density at radius 1 is 0.396 bits per heavy atom. The molecule has 8 aromatic carbocycles. The van der Waals surface area contributed by atoms with Crippen molar-refractivity contribution in [3.05, 3.63) is 164 Å². The smallest absolute Gasteiger partial charge is 0.164 e. The van der Waals surface area contributed by atoms with Crippen molar-refractivity contribution in [2.24, 2.45) is 0 Å². The van der Waals surface area contributed by atoms with Gasteiger partial charge in [0.05, 0.1) is 9.79 Å². The van der Waals surface area contributed by atoms with Gasteiger partial charge in [-0.05, 0) is 87.3 Å². The van der Waals surface area contributed by atoms with Crippen LogP contribution < -0.4 is 4.74 Å². The summed E-state index contributed by atoms with van der Waals surface area (Å²) < 4.78 is 12.9. The summed E-state index contributed by atoms with van der Waals surface area (Å²) in [6.45, 7) is 0. The lowest BCUT2D eigenvalue weighted by molar-refractivity contribution is 0.455. The molecule has 3 heterocycles. The fourth-order valence-corrected chi connectivity index (χ4v) is 8.25. The largest absolute Gasteiger partial charge is 0.456 e. The van der Waals surface area contributed by atoms with Crippen molar-refractivity contribution in [1.29, 1.82) is 0 Å². The molecule has 0 atom stereocenters. The van der Waals surface area contributed by atoms with Crippen LogP contribution in [0.4, 0.5) is 0 Å². The average molecular weight is 698 g/mol. The first kappa shape index (κ1) is 29.9. The number of nitrogens with zero attached hydrogens (tertiary/aromatic N) is 3. The van der Waals surface area contributed by atoms with E-state index in [-0.39, 0.29) is 0 Å². The van der Waals surface area contributed by atoms with Crippen molar-refractivity contribution in [2.45, 2.75) is 9.79 Å². The maximum absolute atomic E-state index is 6.56. The lowest BCUT2D eigenvalue weighted by Crippen LogP contribution is -2.00. The van der Waals surface area contributed by atoms with Crippen LogP contribution >= 0.6 is 11.8 Å². The fourth-order valence-electron chi connectivity index (χ4n) is 7.32. The summed E-state index contributed by atoms with van der Waals surface area (Å²) >= 11 is 1.73. The Bertz CT molecular complexity index is 3000. The Kier molecular flexibility index (Phi) is 6.72. The number of hydrogen-bond donors (Lipinski definition) is 0. The van der Waals surface area contributed by atoms with E-state index in [2.05, 4.69) is 127 Å². The molecule has 248 valence electrons. The summed E-state index contributed by atoms with van der Waals surface area (Å²) in [5.74, 6) is 3.56. The summed E-state index contributed by atoms with van der Waals surface area (Å²) in [5.41, 5.74) is 6.45. The van der Waals surface area contributed by atoms with Crippen molar-refractivity contribution >= 4 is 55.2 Å². The lowest BCUT2D eigenvalue weighted by Gasteiger charge is -2.20. The normalized spacial score (nSPS) is 12.2. The van der Waals surface area contributed by atoms with E-state index < -0.39 is 0 Å². The van der Waals surface area contributed by atoms with Gasteiger partial charge in [0.1, 0.15) is 22.7 Å². The van der Waals surface area contributed by atoms with Crippen molar-refractivity contribution < 1.29 is 9.15 Å². The van der Waals surface area contributed by atoms with E-state index in [1.54, 1.807) is 11.8 Å². The average Bonchev–Trinajstić information content (AvgIpc) is 3.60. The van der Waals surface area contributed by atoms with Crippen LogP contribution in [0.3, 0.4) is 0 Å². The zero-order valence-electron chi connectivity index (χ0n) is 28.2. The van der Waals surface area contributed by atoms with Gasteiger partial charge in [0.15, 0.2) is 17.5 Å². The molecule has 0 radical (unpaired) electrons. The molecule has 0 aliphatic carbocycles. The molecule has 2 aromatic heterocycles. The highest BCUT2D eigenvalue weighted by Crippen LogP contribution is 2.49. The second-order valence-corrected chi connectivity index (χ2v) is 14.3. The highest BCUT2D eigenvalue weighted by atomic mass is 32.2. The zero-order valence-corrected chi connectivity index (χ0v) is 29.0. The Hall–Kier alpha value is -6.76. The summed E-state index contributed by atoms with van der Waals surface area (Å²) in [6.07, 6.45) is 0. The third kappa shape index (κ3) is 5.14. The van der Waals surface area contributed by atoms with Gasteiger partial charge in [-0.3, -0.25) is 0 Å². The molecular weight excluding hydrogens is 671 g/mol. The van der Waals surface area contributed by atoms with Gasteiger partial charge in [-0.2, -0.15) is 0 Å². The Balaban J connectivity index is 1.04. The summed E-state index contributed by atoms with van der Waals surface area (Å²) in [7, 11) is 0. The van der Waals surface area contributed by atoms with Crippen LogP contribution in [0.1, 0.15) is 0 Å². The second kappa shape index (κ2) is 11.9. The van der Waals surface area contributed by atoms with Crippen molar-refractivity contribution in [3.8, 4) is 56.8 Å². The van der Waals surface area contributed by atoms with Crippen LogP contribution in [0.25, 0.3) is 88.8 Å². The maximum Gasteiger partial charge on any atom is 0.164 e.